The first kappa shape index (κ1) is 25.2. The highest BCUT2D eigenvalue weighted by Gasteiger charge is 2.19. The smallest absolute Gasteiger partial charge is 0.279 e. The Kier molecular flexibility index (Phi) is 8.98. The van der Waals surface area contributed by atoms with E-state index in [1.54, 1.807) is 11.6 Å². The fraction of sp³-hybridized carbons (Fsp3) is 0.250. The molecular weight excluding hydrogens is 484 g/mol. The van der Waals surface area contributed by atoms with Crippen molar-refractivity contribution in [1.29, 1.82) is 0 Å². The van der Waals surface area contributed by atoms with Gasteiger partial charge in [0.15, 0.2) is 18.1 Å². The van der Waals surface area contributed by atoms with Crippen LogP contribution in [0, 0.1) is 0 Å². The molecule has 34 heavy (non-hydrogen) atoms. The molecule has 1 aromatic carbocycles. The van der Waals surface area contributed by atoms with Crippen LogP contribution in [0.25, 0.3) is 0 Å². The van der Waals surface area contributed by atoms with E-state index in [2.05, 4.69) is 30.1 Å². The van der Waals surface area contributed by atoms with E-state index in [-0.39, 0.29) is 42.1 Å². The quantitative estimate of drug-likeness (QED) is 0.211. The van der Waals surface area contributed by atoms with Gasteiger partial charge in [0, 0.05) is 30.8 Å². The van der Waals surface area contributed by atoms with E-state index in [1.807, 2.05) is 0 Å². The van der Waals surface area contributed by atoms with E-state index in [0.29, 0.717) is 10.6 Å². The first-order valence-corrected chi connectivity index (χ1v) is 12.1. The van der Waals surface area contributed by atoms with Crippen molar-refractivity contribution in [2.24, 2.45) is 5.16 Å². The molecule has 0 fully saturated rings. The van der Waals surface area contributed by atoms with Crippen LogP contribution in [0.1, 0.15) is 10.6 Å². The second-order valence-corrected chi connectivity index (χ2v) is 9.20. The van der Waals surface area contributed by atoms with Crippen molar-refractivity contribution in [3.63, 3.8) is 0 Å². The Labute approximate surface area is 200 Å². The van der Waals surface area contributed by atoms with Crippen LogP contribution in [0.4, 0.5) is 5.82 Å². The van der Waals surface area contributed by atoms with Crippen LogP contribution in [-0.4, -0.2) is 62.4 Å². The van der Waals surface area contributed by atoms with Gasteiger partial charge in [-0.25, -0.2) is 28.1 Å². The van der Waals surface area contributed by atoms with Gasteiger partial charge in [-0.15, -0.1) is 11.3 Å². The Morgan fingerprint density at radius 3 is 2.53 bits per heavy atom. The molecule has 0 saturated carbocycles. The molecule has 2 N–H and O–H groups in total. The van der Waals surface area contributed by atoms with Crippen molar-refractivity contribution in [3.05, 3.63) is 58.8 Å². The number of carbonyl (C=O) groups excluding carboxylic acids is 1. The molecular formula is C20H22N6O6S2. The van der Waals surface area contributed by atoms with Gasteiger partial charge < -0.3 is 19.6 Å². The average molecular weight is 507 g/mol. The van der Waals surface area contributed by atoms with Crippen molar-refractivity contribution < 1.29 is 27.5 Å². The van der Waals surface area contributed by atoms with Gasteiger partial charge in [0.2, 0.25) is 15.9 Å². The first-order valence-electron chi connectivity index (χ1n) is 9.77. The lowest BCUT2D eigenvalue weighted by molar-refractivity contribution is -0.110. The fourth-order valence-corrected chi connectivity index (χ4v) is 4.05. The van der Waals surface area contributed by atoms with Crippen LogP contribution in [0.15, 0.2) is 58.3 Å². The molecule has 2 heterocycles. The molecule has 14 heteroatoms. The summed E-state index contributed by atoms with van der Waals surface area (Å²) >= 11 is 1.38. The van der Waals surface area contributed by atoms with E-state index < -0.39 is 15.9 Å². The number of nitrogens with one attached hydrogen (secondary N) is 2. The Morgan fingerprint density at radius 1 is 1.12 bits per heavy atom. The lowest BCUT2D eigenvalue weighted by atomic mass is 10.1. The highest BCUT2D eigenvalue weighted by Crippen LogP contribution is 2.14. The summed E-state index contributed by atoms with van der Waals surface area (Å²) in [5.74, 6) is -0.179. The van der Waals surface area contributed by atoms with Crippen LogP contribution in [0.3, 0.4) is 0 Å². The number of benzene rings is 1. The van der Waals surface area contributed by atoms with Crippen molar-refractivity contribution in [1.82, 2.24) is 19.7 Å². The van der Waals surface area contributed by atoms with Gasteiger partial charge in [0.05, 0.1) is 31.0 Å². The Bertz CT molecular complexity index is 1200. The number of hydrogen-bond donors (Lipinski definition) is 2. The van der Waals surface area contributed by atoms with Crippen LogP contribution in [-0.2, 0) is 31.0 Å². The Hall–Kier alpha value is -3.46. The van der Waals surface area contributed by atoms with E-state index in [9.17, 15) is 13.2 Å². The maximum Gasteiger partial charge on any atom is 0.279 e. The summed E-state index contributed by atoms with van der Waals surface area (Å²) < 4.78 is 37.0. The number of oxime groups is 1. The number of carbonyl (C=O) groups is 1. The first-order chi connectivity index (χ1) is 16.4. The van der Waals surface area contributed by atoms with Gasteiger partial charge in [-0.05, 0) is 12.1 Å². The SMILES string of the molecule is COCCNS(=O)(=O)c1ccc(C(=NOCc2nccs2)C(=O)Nc2cnc(OC)cn2)cc1. The molecule has 0 aliphatic heterocycles. The summed E-state index contributed by atoms with van der Waals surface area (Å²) in [6.45, 7) is 0.425. The van der Waals surface area contributed by atoms with Crippen molar-refractivity contribution >= 4 is 38.8 Å². The Balaban J connectivity index is 1.81. The largest absolute Gasteiger partial charge is 0.480 e. The van der Waals surface area contributed by atoms with Gasteiger partial charge in [0.25, 0.3) is 5.91 Å². The number of nitrogens with zero attached hydrogens (tertiary/aromatic N) is 4. The van der Waals surface area contributed by atoms with Gasteiger partial charge in [-0.3, -0.25) is 4.79 Å². The summed E-state index contributed by atoms with van der Waals surface area (Å²) in [6, 6.07) is 5.63. The minimum Gasteiger partial charge on any atom is -0.480 e. The zero-order valence-electron chi connectivity index (χ0n) is 18.3. The summed E-state index contributed by atoms with van der Waals surface area (Å²) in [7, 11) is -0.812. The molecule has 1 amide bonds. The van der Waals surface area contributed by atoms with Gasteiger partial charge in [-0.1, -0.05) is 17.3 Å². The molecule has 0 spiro atoms. The topological polar surface area (TPSA) is 154 Å². The van der Waals surface area contributed by atoms with Crippen molar-refractivity contribution in [3.8, 4) is 5.88 Å². The zero-order chi connectivity index (χ0) is 24.4. The van der Waals surface area contributed by atoms with Gasteiger partial charge in [-0.2, -0.15) is 0 Å². The van der Waals surface area contributed by atoms with Crippen molar-refractivity contribution in [2.45, 2.75) is 11.5 Å². The van der Waals surface area contributed by atoms with Crippen LogP contribution >= 0.6 is 11.3 Å². The number of rotatable bonds is 12. The second kappa shape index (κ2) is 12.1. The third-order valence-electron chi connectivity index (χ3n) is 4.16. The maximum atomic E-state index is 12.9. The van der Waals surface area contributed by atoms with E-state index in [1.165, 1.54) is 62.2 Å². The number of anilines is 1. The molecule has 180 valence electrons. The fourth-order valence-electron chi connectivity index (χ4n) is 2.52. The van der Waals surface area contributed by atoms with Crippen LogP contribution in [0.5, 0.6) is 5.88 Å². The van der Waals surface area contributed by atoms with Crippen LogP contribution in [0.2, 0.25) is 0 Å². The molecule has 0 radical (unpaired) electrons. The molecule has 0 bridgehead atoms. The summed E-state index contributed by atoms with van der Waals surface area (Å²) in [4.78, 5) is 30.4. The number of aromatic nitrogens is 3. The Morgan fingerprint density at radius 2 is 1.91 bits per heavy atom. The van der Waals surface area contributed by atoms with E-state index in [0.717, 1.165) is 0 Å². The zero-order valence-corrected chi connectivity index (χ0v) is 19.9. The predicted octanol–water partition coefficient (Wildman–Crippen LogP) is 1.43. The highest BCUT2D eigenvalue weighted by molar-refractivity contribution is 7.89. The monoisotopic (exact) mass is 506 g/mol. The summed E-state index contributed by atoms with van der Waals surface area (Å²) in [6.07, 6.45) is 4.30. The highest BCUT2D eigenvalue weighted by atomic mass is 32.2. The summed E-state index contributed by atoms with van der Waals surface area (Å²) in [5, 5.41) is 9.01. The van der Waals surface area contributed by atoms with E-state index >= 15 is 0 Å². The lowest BCUT2D eigenvalue weighted by Crippen LogP contribution is -2.27. The standard InChI is InChI=1S/C20H22N6O6S2/c1-30-9-7-24-34(28,29)15-5-3-14(4-6-15)19(26-32-13-18-21-8-10-33-18)20(27)25-16-11-23-17(31-2)12-22-16/h3-6,8,10-12,24H,7,9,13H2,1-2H3,(H,22,25,27). The molecule has 0 atom stereocenters. The average Bonchev–Trinajstić information content (AvgIpc) is 3.36. The molecule has 12 nitrogen and oxygen atoms in total. The molecule has 2 aromatic heterocycles. The number of amides is 1. The number of thiazole rings is 1. The minimum absolute atomic E-state index is 0.0248. The minimum atomic E-state index is -3.74. The van der Waals surface area contributed by atoms with Gasteiger partial charge in [0.1, 0.15) is 5.01 Å². The number of ether oxygens (including phenoxy) is 2. The number of hydrogen-bond acceptors (Lipinski definition) is 11. The number of methoxy groups -OCH3 is 2. The third-order valence-corrected chi connectivity index (χ3v) is 6.39. The molecule has 0 aliphatic carbocycles. The molecule has 0 unspecified atom stereocenters. The molecule has 0 aliphatic rings. The lowest BCUT2D eigenvalue weighted by Gasteiger charge is -2.10. The molecule has 3 rings (SSSR count). The van der Waals surface area contributed by atoms with Crippen molar-refractivity contribution in [2.75, 3.05) is 32.7 Å². The summed E-state index contributed by atoms with van der Waals surface area (Å²) in [5.41, 5.74) is 0.236. The molecule has 3 aromatic rings. The second-order valence-electron chi connectivity index (χ2n) is 6.45. The normalized spacial score (nSPS) is 11.8. The third kappa shape index (κ3) is 7.02. The van der Waals surface area contributed by atoms with E-state index in [4.69, 9.17) is 14.3 Å². The molecule has 0 saturated heterocycles. The number of sulfonamides is 1. The maximum absolute atomic E-state index is 12.9. The van der Waals surface area contributed by atoms with Gasteiger partial charge >= 0.3 is 0 Å². The predicted molar refractivity (Wildman–Crippen MR) is 124 cm³/mol. The van der Waals surface area contributed by atoms with Crippen LogP contribution < -0.4 is 14.8 Å².